The number of hydrogen-bond acceptors (Lipinski definition) is 3. The molecule has 0 bridgehead atoms. The number of aromatic nitrogens is 2. The maximum Gasteiger partial charge on any atom is 0.291 e. The molecule has 1 aliphatic heterocycles. The van der Waals surface area contributed by atoms with Crippen LogP contribution in [0.1, 0.15) is 48.8 Å². The van der Waals surface area contributed by atoms with Gasteiger partial charge in [-0.1, -0.05) is 53.0 Å². The van der Waals surface area contributed by atoms with E-state index in [-0.39, 0.29) is 17.9 Å². The van der Waals surface area contributed by atoms with Gasteiger partial charge in [0.1, 0.15) is 5.54 Å². The van der Waals surface area contributed by atoms with Crippen LogP contribution in [0.25, 0.3) is 11.0 Å². The second-order valence-electron chi connectivity index (χ2n) is 8.76. The van der Waals surface area contributed by atoms with Gasteiger partial charge in [0.05, 0.1) is 17.6 Å². The normalized spacial score (nSPS) is 21.5. The summed E-state index contributed by atoms with van der Waals surface area (Å²) in [6.45, 7) is 2.60. The van der Waals surface area contributed by atoms with E-state index in [1.54, 1.807) is 4.90 Å². The molecule has 7 heteroatoms. The highest BCUT2D eigenvalue weighted by molar-refractivity contribution is 9.10. The molecule has 1 unspecified atom stereocenters. The molecule has 2 aromatic carbocycles. The molecule has 31 heavy (non-hydrogen) atoms. The molecule has 1 aliphatic carbocycles. The fourth-order valence-electron chi connectivity index (χ4n) is 4.81. The van der Waals surface area contributed by atoms with Crippen molar-refractivity contribution in [3.05, 3.63) is 64.4 Å². The van der Waals surface area contributed by atoms with Crippen molar-refractivity contribution in [1.82, 2.24) is 19.8 Å². The first-order valence-electron chi connectivity index (χ1n) is 10.8. The van der Waals surface area contributed by atoms with Crippen LogP contribution in [0, 0.1) is 0 Å². The lowest BCUT2D eigenvalue weighted by Gasteiger charge is -2.44. The first-order valence-corrected chi connectivity index (χ1v) is 11.6. The second-order valence-corrected chi connectivity index (χ2v) is 9.68. The maximum absolute atomic E-state index is 13.7. The Balaban J connectivity index is 1.57. The molecule has 1 atom stereocenters. The second kappa shape index (κ2) is 7.79. The Labute approximate surface area is 189 Å². The predicted octanol–water partition coefficient (Wildman–Crippen LogP) is 4.27. The molecule has 3 aromatic rings. The van der Waals surface area contributed by atoms with E-state index in [0.29, 0.717) is 18.9 Å². The Hall–Kier alpha value is -2.67. The molecule has 0 saturated heterocycles. The zero-order valence-corrected chi connectivity index (χ0v) is 19.1. The molecule has 2 heterocycles. The molecule has 0 radical (unpaired) electrons. The lowest BCUT2D eigenvalue weighted by molar-refractivity contribution is -0.133. The van der Waals surface area contributed by atoms with Gasteiger partial charge in [-0.2, -0.15) is 0 Å². The lowest BCUT2D eigenvalue weighted by Crippen LogP contribution is -2.64. The highest BCUT2D eigenvalue weighted by Gasteiger charge is 2.48. The third-order valence-electron chi connectivity index (χ3n) is 6.56. The Bertz CT molecular complexity index is 1170. The third-order valence-corrected chi connectivity index (χ3v) is 7.06. The summed E-state index contributed by atoms with van der Waals surface area (Å²) in [7, 11) is 0. The number of nitrogens with one attached hydrogen (secondary N) is 1. The minimum atomic E-state index is -1.02. The quantitative estimate of drug-likeness (QED) is 0.605. The smallest absolute Gasteiger partial charge is 0.291 e. The molecule has 6 nitrogen and oxygen atoms in total. The van der Waals surface area contributed by atoms with Crippen LogP contribution in [-0.2, 0) is 17.9 Å². The standard InChI is InChI=1S/C24H25BrN4O2/c1-24(23(31)26-18-9-2-3-10-18)15-28-20-12-5-4-11-19(20)27-21(28)22(30)29(24)14-16-7-6-8-17(25)13-16/h4-8,11-13,18H,2-3,9-10,14-15H2,1H3,(H,26,31). The fourth-order valence-corrected chi connectivity index (χ4v) is 5.25. The van der Waals surface area contributed by atoms with Gasteiger partial charge in [0.2, 0.25) is 5.91 Å². The minimum Gasteiger partial charge on any atom is -0.351 e. The number of benzene rings is 2. The van der Waals surface area contributed by atoms with Crippen LogP contribution < -0.4 is 5.32 Å². The van der Waals surface area contributed by atoms with E-state index in [0.717, 1.165) is 46.8 Å². The van der Waals surface area contributed by atoms with E-state index >= 15 is 0 Å². The van der Waals surface area contributed by atoms with E-state index < -0.39 is 5.54 Å². The first-order chi connectivity index (χ1) is 15.0. The zero-order chi connectivity index (χ0) is 21.6. The average molecular weight is 481 g/mol. The summed E-state index contributed by atoms with van der Waals surface area (Å²) in [5, 5.41) is 3.23. The number of carbonyl (C=O) groups is 2. The van der Waals surface area contributed by atoms with Crippen LogP contribution in [-0.4, -0.2) is 37.8 Å². The van der Waals surface area contributed by atoms with E-state index in [1.807, 2.05) is 60.0 Å². The summed E-state index contributed by atoms with van der Waals surface area (Å²) in [5.74, 6) is 0.0833. The molecular weight excluding hydrogens is 456 g/mol. The monoisotopic (exact) mass is 480 g/mol. The van der Waals surface area contributed by atoms with Gasteiger partial charge in [0, 0.05) is 17.1 Å². The van der Waals surface area contributed by atoms with Gasteiger partial charge in [-0.3, -0.25) is 9.59 Å². The van der Waals surface area contributed by atoms with Crippen molar-refractivity contribution >= 4 is 38.8 Å². The van der Waals surface area contributed by atoms with Crippen LogP contribution in [0.4, 0.5) is 0 Å². The summed E-state index contributed by atoms with van der Waals surface area (Å²) < 4.78 is 2.85. The highest BCUT2D eigenvalue weighted by atomic mass is 79.9. The number of rotatable bonds is 4. The molecule has 5 rings (SSSR count). The molecule has 1 saturated carbocycles. The molecular formula is C24H25BrN4O2. The number of carbonyl (C=O) groups excluding carboxylic acids is 2. The number of imidazole rings is 1. The van der Waals surface area contributed by atoms with Gasteiger partial charge < -0.3 is 14.8 Å². The van der Waals surface area contributed by atoms with Crippen LogP contribution >= 0.6 is 15.9 Å². The number of amides is 2. The fraction of sp³-hybridized carbons (Fsp3) is 0.375. The van der Waals surface area contributed by atoms with E-state index in [2.05, 4.69) is 26.2 Å². The molecule has 2 aliphatic rings. The predicted molar refractivity (Wildman–Crippen MR) is 123 cm³/mol. The number of fused-ring (bicyclic) bond motifs is 3. The maximum atomic E-state index is 13.7. The Morgan fingerprint density at radius 3 is 2.74 bits per heavy atom. The van der Waals surface area contributed by atoms with Gasteiger partial charge in [-0.15, -0.1) is 0 Å². The topological polar surface area (TPSA) is 67.2 Å². The van der Waals surface area contributed by atoms with E-state index in [1.165, 1.54) is 0 Å². The summed E-state index contributed by atoms with van der Waals surface area (Å²) in [6, 6.07) is 15.8. The van der Waals surface area contributed by atoms with Gasteiger partial charge in [-0.25, -0.2) is 4.98 Å². The van der Waals surface area contributed by atoms with Gasteiger partial charge >= 0.3 is 0 Å². The molecule has 1 aromatic heterocycles. The van der Waals surface area contributed by atoms with E-state index in [9.17, 15) is 9.59 Å². The van der Waals surface area contributed by atoms with Crippen LogP contribution in [0.5, 0.6) is 0 Å². The molecule has 1 fully saturated rings. The Morgan fingerprint density at radius 1 is 1.19 bits per heavy atom. The van der Waals surface area contributed by atoms with Crippen LogP contribution in [0.3, 0.4) is 0 Å². The van der Waals surface area contributed by atoms with Crippen molar-refractivity contribution in [2.24, 2.45) is 0 Å². The van der Waals surface area contributed by atoms with Gasteiger partial charge in [-0.05, 0) is 49.6 Å². The summed E-state index contributed by atoms with van der Waals surface area (Å²) in [5.41, 5.74) is 1.60. The first kappa shape index (κ1) is 20.2. The van der Waals surface area contributed by atoms with Crippen molar-refractivity contribution in [3.63, 3.8) is 0 Å². The largest absolute Gasteiger partial charge is 0.351 e. The summed E-state index contributed by atoms with van der Waals surface area (Å²) >= 11 is 3.51. The van der Waals surface area contributed by atoms with Crippen molar-refractivity contribution < 1.29 is 9.59 Å². The van der Waals surface area contributed by atoms with Crippen molar-refractivity contribution in [2.75, 3.05) is 0 Å². The summed E-state index contributed by atoms with van der Waals surface area (Å²) in [6.07, 6.45) is 4.28. The Kier molecular flexibility index (Phi) is 5.08. The average Bonchev–Trinajstić information content (AvgIpc) is 3.39. The van der Waals surface area contributed by atoms with Crippen LogP contribution in [0.2, 0.25) is 0 Å². The van der Waals surface area contributed by atoms with Gasteiger partial charge in [0.15, 0.2) is 5.82 Å². The third kappa shape index (κ3) is 3.55. The number of para-hydroxylation sites is 2. The lowest BCUT2D eigenvalue weighted by atomic mass is 9.93. The Morgan fingerprint density at radius 2 is 1.97 bits per heavy atom. The summed E-state index contributed by atoms with van der Waals surface area (Å²) in [4.78, 5) is 33.6. The van der Waals surface area contributed by atoms with Gasteiger partial charge in [0.25, 0.3) is 5.91 Å². The van der Waals surface area contributed by atoms with Crippen molar-refractivity contribution in [2.45, 2.75) is 57.3 Å². The molecule has 2 amide bonds. The number of halogens is 1. The number of hydrogen-bond donors (Lipinski definition) is 1. The highest BCUT2D eigenvalue weighted by Crippen LogP contribution is 2.33. The zero-order valence-electron chi connectivity index (χ0n) is 17.5. The van der Waals surface area contributed by atoms with E-state index in [4.69, 9.17) is 0 Å². The van der Waals surface area contributed by atoms with Crippen molar-refractivity contribution in [1.29, 1.82) is 0 Å². The SMILES string of the molecule is CC1(C(=O)NC2CCCC2)Cn2c(nc3ccccc32)C(=O)N1Cc1cccc(Br)c1. The van der Waals surface area contributed by atoms with Crippen molar-refractivity contribution in [3.8, 4) is 0 Å². The molecule has 160 valence electrons. The van der Waals surface area contributed by atoms with Crippen LogP contribution in [0.15, 0.2) is 53.0 Å². The minimum absolute atomic E-state index is 0.0915. The molecule has 1 N–H and O–H groups in total. The molecule has 0 spiro atoms. The number of nitrogens with zero attached hydrogens (tertiary/aromatic N) is 3.